The van der Waals surface area contributed by atoms with Crippen LogP contribution in [-0.4, -0.2) is 33.9 Å². The number of amides is 1. The molecule has 6 heteroatoms. The van der Waals surface area contributed by atoms with Crippen LogP contribution in [0, 0.1) is 0 Å². The van der Waals surface area contributed by atoms with Crippen LogP contribution in [0.15, 0.2) is 35.2 Å². The fraction of sp³-hybridized carbons (Fsp3) is 0.312. The van der Waals surface area contributed by atoms with Crippen molar-refractivity contribution in [2.45, 2.75) is 18.9 Å². The van der Waals surface area contributed by atoms with Crippen LogP contribution < -0.4 is 4.74 Å². The van der Waals surface area contributed by atoms with E-state index in [1.165, 1.54) is 6.33 Å². The molecule has 2 aromatic rings. The van der Waals surface area contributed by atoms with Gasteiger partial charge in [-0.2, -0.15) is 0 Å². The average Bonchev–Trinajstić information content (AvgIpc) is 2.96. The van der Waals surface area contributed by atoms with Crippen molar-refractivity contribution in [2.24, 2.45) is 0 Å². The molecule has 3 heterocycles. The number of nitrogens with zero attached hydrogens (tertiary/aromatic N) is 3. The monoisotopic (exact) mass is 359 g/mol. The number of ether oxygens (including phenoxy) is 1. The molecule has 5 nitrogen and oxygen atoms in total. The van der Waals surface area contributed by atoms with Crippen LogP contribution in [0.4, 0.5) is 0 Å². The summed E-state index contributed by atoms with van der Waals surface area (Å²) in [5.74, 6) is 0.693. The number of halogens is 1. The van der Waals surface area contributed by atoms with Crippen molar-refractivity contribution < 1.29 is 9.53 Å². The molecular weight excluding hydrogens is 346 g/mol. The Hall–Kier alpha value is -1.95. The third kappa shape index (κ3) is 2.27. The molecule has 112 valence electrons. The molecule has 1 aromatic heterocycles. The molecule has 2 aliphatic rings. The molecule has 1 aromatic carbocycles. The molecule has 0 radical (unpaired) electrons. The van der Waals surface area contributed by atoms with Crippen molar-refractivity contribution in [1.29, 1.82) is 0 Å². The Morgan fingerprint density at radius 3 is 3.23 bits per heavy atom. The lowest BCUT2D eigenvalue weighted by atomic mass is 9.98. The van der Waals surface area contributed by atoms with E-state index in [0.29, 0.717) is 19.7 Å². The molecule has 2 aliphatic heterocycles. The highest BCUT2D eigenvalue weighted by atomic mass is 79.9. The molecule has 0 saturated carbocycles. The van der Waals surface area contributed by atoms with E-state index in [0.717, 1.165) is 33.5 Å². The molecule has 22 heavy (non-hydrogen) atoms. The zero-order valence-corrected chi connectivity index (χ0v) is 13.4. The number of carbonyl (C=O) groups is 1. The van der Waals surface area contributed by atoms with E-state index in [4.69, 9.17) is 4.74 Å². The molecular formula is C16H14BrN3O2. The fourth-order valence-electron chi connectivity index (χ4n) is 3.05. The summed E-state index contributed by atoms with van der Waals surface area (Å²) in [7, 11) is 0. The Morgan fingerprint density at radius 1 is 1.41 bits per heavy atom. The third-order valence-corrected chi connectivity index (χ3v) is 4.73. The second-order valence-corrected chi connectivity index (χ2v) is 6.47. The van der Waals surface area contributed by atoms with Crippen LogP contribution >= 0.6 is 15.9 Å². The molecule has 1 amide bonds. The van der Waals surface area contributed by atoms with Crippen molar-refractivity contribution in [3.63, 3.8) is 0 Å². The number of rotatable bonds is 1. The van der Waals surface area contributed by atoms with E-state index in [-0.39, 0.29) is 11.8 Å². The van der Waals surface area contributed by atoms with Gasteiger partial charge in [0.25, 0.3) is 0 Å². The number of fused-ring (bicyclic) bond motifs is 2. The van der Waals surface area contributed by atoms with Crippen molar-refractivity contribution >= 4 is 21.8 Å². The first-order valence-electron chi connectivity index (χ1n) is 7.21. The summed E-state index contributed by atoms with van der Waals surface area (Å²) in [4.78, 5) is 23.1. The smallest absolute Gasteiger partial charge is 0.234 e. The molecule has 0 spiro atoms. The molecule has 1 atom stereocenters. The Morgan fingerprint density at radius 2 is 2.32 bits per heavy atom. The van der Waals surface area contributed by atoms with Gasteiger partial charge in [-0.15, -0.1) is 0 Å². The molecule has 0 bridgehead atoms. The van der Waals surface area contributed by atoms with Gasteiger partial charge < -0.3 is 9.64 Å². The standard InChI is InChI=1S/C16H14BrN3O2/c17-11-1-2-15-12(5-11)13(8-22-15)16(21)20-4-3-10-6-18-9-19-14(10)7-20/h1-2,5-6,9,13H,3-4,7-8H2. The summed E-state index contributed by atoms with van der Waals surface area (Å²) >= 11 is 3.46. The van der Waals surface area contributed by atoms with Crippen LogP contribution in [0.3, 0.4) is 0 Å². The Labute approximate surface area is 136 Å². The minimum atomic E-state index is -0.226. The molecule has 0 saturated heterocycles. The van der Waals surface area contributed by atoms with Crippen molar-refractivity contribution in [2.75, 3.05) is 13.2 Å². The zero-order valence-electron chi connectivity index (χ0n) is 11.8. The maximum absolute atomic E-state index is 12.9. The normalized spacial score (nSPS) is 19.3. The Bertz CT molecular complexity index is 750. The molecule has 0 aliphatic carbocycles. The van der Waals surface area contributed by atoms with Crippen LogP contribution in [-0.2, 0) is 17.8 Å². The fourth-order valence-corrected chi connectivity index (χ4v) is 3.43. The predicted octanol–water partition coefficient (Wildman–Crippen LogP) is 2.30. The van der Waals surface area contributed by atoms with Gasteiger partial charge in [-0.1, -0.05) is 15.9 Å². The third-order valence-electron chi connectivity index (χ3n) is 4.24. The zero-order chi connectivity index (χ0) is 15.1. The van der Waals surface area contributed by atoms with Crippen LogP contribution in [0.1, 0.15) is 22.7 Å². The van der Waals surface area contributed by atoms with Gasteiger partial charge in [0.15, 0.2) is 0 Å². The number of hydrogen-bond acceptors (Lipinski definition) is 4. The summed E-state index contributed by atoms with van der Waals surface area (Å²) in [6.45, 7) is 1.67. The Kier molecular flexibility index (Phi) is 3.33. The largest absolute Gasteiger partial charge is 0.492 e. The maximum atomic E-state index is 12.9. The van der Waals surface area contributed by atoms with Crippen molar-refractivity contribution in [1.82, 2.24) is 14.9 Å². The Balaban J connectivity index is 1.59. The lowest BCUT2D eigenvalue weighted by Gasteiger charge is -2.29. The highest BCUT2D eigenvalue weighted by Gasteiger charge is 2.35. The second-order valence-electron chi connectivity index (χ2n) is 5.55. The quantitative estimate of drug-likeness (QED) is 0.783. The molecule has 0 N–H and O–H groups in total. The van der Waals surface area contributed by atoms with E-state index < -0.39 is 0 Å². The summed E-state index contributed by atoms with van der Waals surface area (Å²) in [6, 6.07) is 5.82. The van der Waals surface area contributed by atoms with Gasteiger partial charge in [-0.3, -0.25) is 4.79 Å². The van der Waals surface area contributed by atoms with Gasteiger partial charge in [0.05, 0.1) is 12.2 Å². The summed E-state index contributed by atoms with van der Waals surface area (Å²) in [6.07, 6.45) is 4.19. The second kappa shape index (κ2) is 5.35. The first kappa shape index (κ1) is 13.7. The van der Waals surface area contributed by atoms with E-state index >= 15 is 0 Å². The highest BCUT2D eigenvalue weighted by molar-refractivity contribution is 9.10. The number of benzene rings is 1. The van der Waals surface area contributed by atoms with Crippen LogP contribution in [0.25, 0.3) is 0 Å². The van der Waals surface area contributed by atoms with Crippen LogP contribution in [0.5, 0.6) is 5.75 Å². The highest BCUT2D eigenvalue weighted by Crippen LogP contribution is 2.37. The summed E-state index contributed by atoms with van der Waals surface area (Å²) in [5.41, 5.74) is 3.05. The summed E-state index contributed by atoms with van der Waals surface area (Å²) in [5, 5.41) is 0. The number of aromatic nitrogens is 2. The first-order valence-corrected chi connectivity index (χ1v) is 8.00. The lowest BCUT2D eigenvalue weighted by molar-refractivity contribution is -0.134. The minimum absolute atomic E-state index is 0.112. The van der Waals surface area contributed by atoms with Gasteiger partial charge in [0.2, 0.25) is 5.91 Å². The van der Waals surface area contributed by atoms with Crippen LogP contribution in [0.2, 0.25) is 0 Å². The number of carbonyl (C=O) groups excluding carboxylic acids is 1. The average molecular weight is 360 g/mol. The van der Waals surface area contributed by atoms with E-state index in [2.05, 4.69) is 25.9 Å². The van der Waals surface area contributed by atoms with Gasteiger partial charge in [0, 0.05) is 22.8 Å². The predicted molar refractivity (Wildman–Crippen MR) is 83.5 cm³/mol. The molecule has 1 unspecified atom stereocenters. The van der Waals surface area contributed by atoms with Gasteiger partial charge in [-0.05, 0) is 30.2 Å². The van der Waals surface area contributed by atoms with Gasteiger partial charge in [0.1, 0.15) is 24.6 Å². The van der Waals surface area contributed by atoms with Crippen molar-refractivity contribution in [3.8, 4) is 5.75 Å². The first-order chi connectivity index (χ1) is 10.7. The van der Waals surface area contributed by atoms with E-state index in [9.17, 15) is 4.79 Å². The SMILES string of the molecule is O=C(C1COc2ccc(Br)cc21)N1CCc2cncnc2C1. The molecule has 4 rings (SSSR count). The van der Waals surface area contributed by atoms with E-state index in [1.54, 1.807) is 0 Å². The van der Waals surface area contributed by atoms with Crippen molar-refractivity contribution in [3.05, 3.63) is 52.0 Å². The lowest BCUT2D eigenvalue weighted by Crippen LogP contribution is -2.39. The minimum Gasteiger partial charge on any atom is -0.492 e. The topological polar surface area (TPSA) is 55.3 Å². The maximum Gasteiger partial charge on any atom is 0.234 e. The van der Waals surface area contributed by atoms with Gasteiger partial charge in [-0.25, -0.2) is 9.97 Å². The van der Waals surface area contributed by atoms with E-state index in [1.807, 2.05) is 29.3 Å². The summed E-state index contributed by atoms with van der Waals surface area (Å²) < 4.78 is 6.62. The molecule has 0 fully saturated rings. The number of hydrogen-bond donors (Lipinski definition) is 0. The van der Waals surface area contributed by atoms with Gasteiger partial charge >= 0.3 is 0 Å².